The summed E-state index contributed by atoms with van der Waals surface area (Å²) in [5, 5.41) is 0. The SMILES string of the molecule is CC(C)NS(=O)(=O)Nc1cc(C(F)(F)F)ccc1Br. The third kappa shape index (κ3) is 5.00. The Balaban J connectivity index is 3.08. The van der Waals surface area contributed by atoms with Gasteiger partial charge in [-0.1, -0.05) is 0 Å². The summed E-state index contributed by atoms with van der Waals surface area (Å²) in [6.45, 7) is 3.20. The zero-order chi connectivity index (χ0) is 14.8. The Kier molecular flexibility index (Phi) is 4.86. The van der Waals surface area contributed by atoms with Crippen molar-refractivity contribution in [2.45, 2.75) is 26.1 Å². The molecule has 0 aliphatic carbocycles. The van der Waals surface area contributed by atoms with E-state index < -0.39 is 21.9 Å². The maximum absolute atomic E-state index is 12.5. The van der Waals surface area contributed by atoms with E-state index in [1.807, 2.05) is 4.72 Å². The Morgan fingerprint density at radius 3 is 2.32 bits per heavy atom. The predicted molar refractivity (Wildman–Crippen MR) is 70.0 cm³/mol. The number of nitrogens with one attached hydrogen (secondary N) is 2. The molecule has 0 bridgehead atoms. The van der Waals surface area contributed by atoms with Gasteiger partial charge in [0, 0.05) is 10.5 Å². The molecule has 1 rings (SSSR count). The van der Waals surface area contributed by atoms with E-state index >= 15 is 0 Å². The Labute approximate surface area is 117 Å². The summed E-state index contributed by atoms with van der Waals surface area (Å²) in [6, 6.07) is 2.35. The molecule has 0 aromatic heterocycles. The standard InChI is InChI=1S/C10H12BrF3N2O2S/c1-6(2)15-19(17,18)16-9-5-7(10(12,13)14)3-4-8(9)11/h3-6,15-16H,1-2H3. The van der Waals surface area contributed by atoms with Gasteiger partial charge in [-0.15, -0.1) is 0 Å². The number of benzene rings is 1. The van der Waals surface area contributed by atoms with Gasteiger partial charge < -0.3 is 0 Å². The summed E-state index contributed by atoms with van der Waals surface area (Å²) >= 11 is 2.99. The lowest BCUT2D eigenvalue weighted by atomic mass is 10.2. The highest BCUT2D eigenvalue weighted by atomic mass is 79.9. The van der Waals surface area contributed by atoms with Gasteiger partial charge in [0.05, 0.1) is 11.3 Å². The fourth-order valence-electron chi connectivity index (χ4n) is 1.26. The molecular weight excluding hydrogens is 349 g/mol. The molecule has 2 N–H and O–H groups in total. The lowest BCUT2D eigenvalue weighted by Gasteiger charge is -2.14. The van der Waals surface area contributed by atoms with E-state index in [1.54, 1.807) is 13.8 Å². The van der Waals surface area contributed by atoms with Crippen molar-refractivity contribution in [1.29, 1.82) is 0 Å². The number of hydrogen-bond donors (Lipinski definition) is 2. The average Bonchev–Trinajstić information content (AvgIpc) is 2.17. The van der Waals surface area contributed by atoms with E-state index in [-0.39, 0.29) is 16.2 Å². The summed E-state index contributed by atoms with van der Waals surface area (Å²) in [6.07, 6.45) is -4.54. The van der Waals surface area contributed by atoms with Gasteiger partial charge in [0.2, 0.25) is 0 Å². The van der Waals surface area contributed by atoms with Crippen LogP contribution in [-0.4, -0.2) is 14.5 Å². The molecule has 1 aromatic rings. The first-order valence-electron chi connectivity index (χ1n) is 5.18. The number of rotatable bonds is 4. The minimum absolute atomic E-state index is 0.178. The fourth-order valence-corrected chi connectivity index (χ4v) is 2.88. The van der Waals surface area contributed by atoms with Crippen LogP contribution in [0.3, 0.4) is 0 Å². The molecular formula is C10H12BrF3N2O2S. The van der Waals surface area contributed by atoms with Gasteiger partial charge in [-0.05, 0) is 48.0 Å². The van der Waals surface area contributed by atoms with Gasteiger partial charge in [0.15, 0.2) is 0 Å². The van der Waals surface area contributed by atoms with Crippen molar-refractivity contribution in [3.05, 3.63) is 28.2 Å². The van der Waals surface area contributed by atoms with Crippen LogP contribution in [0.25, 0.3) is 0 Å². The van der Waals surface area contributed by atoms with E-state index in [0.29, 0.717) is 0 Å². The van der Waals surface area contributed by atoms with Crippen molar-refractivity contribution in [2.24, 2.45) is 0 Å². The van der Waals surface area contributed by atoms with Crippen LogP contribution in [-0.2, 0) is 16.4 Å². The number of hydrogen-bond acceptors (Lipinski definition) is 2. The Hall–Kier alpha value is -0.800. The van der Waals surface area contributed by atoms with Crippen LogP contribution >= 0.6 is 15.9 Å². The predicted octanol–water partition coefficient (Wildman–Crippen LogP) is 3.12. The first-order chi connectivity index (χ1) is 8.51. The Morgan fingerprint density at radius 1 is 1.26 bits per heavy atom. The fraction of sp³-hybridized carbons (Fsp3) is 0.400. The van der Waals surface area contributed by atoms with E-state index in [4.69, 9.17) is 0 Å². The van der Waals surface area contributed by atoms with E-state index in [2.05, 4.69) is 20.7 Å². The highest BCUT2D eigenvalue weighted by molar-refractivity contribution is 9.10. The average molecular weight is 361 g/mol. The van der Waals surface area contributed by atoms with E-state index in [9.17, 15) is 21.6 Å². The van der Waals surface area contributed by atoms with Crippen molar-refractivity contribution in [3.8, 4) is 0 Å². The minimum Gasteiger partial charge on any atom is -0.270 e. The van der Waals surface area contributed by atoms with Crippen LogP contribution < -0.4 is 9.44 Å². The van der Waals surface area contributed by atoms with Gasteiger partial charge >= 0.3 is 6.18 Å². The zero-order valence-corrected chi connectivity index (χ0v) is 12.4. The summed E-state index contributed by atoms with van der Waals surface area (Å²) in [5.41, 5.74) is -1.11. The molecule has 0 fully saturated rings. The minimum atomic E-state index is -4.54. The summed E-state index contributed by atoms with van der Waals surface area (Å²) in [7, 11) is -3.92. The van der Waals surface area contributed by atoms with E-state index in [1.165, 1.54) is 0 Å². The largest absolute Gasteiger partial charge is 0.416 e. The number of anilines is 1. The van der Waals surface area contributed by atoms with Gasteiger partial charge in [0.1, 0.15) is 0 Å². The molecule has 0 amide bonds. The molecule has 0 aliphatic rings. The highest BCUT2D eigenvalue weighted by Gasteiger charge is 2.31. The second-order valence-corrected chi connectivity index (χ2v) is 6.37. The molecule has 0 spiro atoms. The normalized spacial score (nSPS) is 12.8. The zero-order valence-electron chi connectivity index (χ0n) is 10.0. The molecule has 108 valence electrons. The molecule has 0 aliphatic heterocycles. The van der Waals surface area contributed by atoms with Crippen LogP contribution in [0.1, 0.15) is 19.4 Å². The molecule has 1 aromatic carbocycles. The lowest BCUT2D eigenvalue weighted by molar-refractivity contribution is -0.137. The first kappa shape index (κ1) is 16.3. The smallest absolute Gasteiger partial charge is 0.270 e. The molecule has 0 saturated heterocycles. The Bertz CT molecular complexity index is 558. The molecule has 0 saturated carbocycles. The monoisotopic (exact) mass is 360 g/mol. The molecule has 0 unspecified atom stereocenters. The van der Waals surface area contributed by atoms with Crippen LogP contribution in [0.15, 0.2) is 22.7 Å². The lowest BCUT2D eigenvalue weighted by Crippen LogP contribution is -2.35. The third-order valence-corrected chi connectivity index (χ3v) is 3.89. The van der Waals surface area contributed by atoms with Gasteiger partial charge in [-0.3, -0.25) is 4.72 Å². The van der Waals surface area contributed by atoms with Gasteiger partial charge in [0.25, 0.3) is 10.2 Å². The number of alkyl halides is 3. The third-order valence-electron chi connectivity index (χ3n) is 1.93. The maximum atomic E-state index is 12.5. The van der Waals surface area contributed by atoms with Crippen LogP contribution in [0.2, 0.25) is 0 Å². The van der Waals surface area contributed by atoms with Crippen LogP contribution in [0.4, 0.5) is 18.9 Å². The van der Waals surface area contributed by atoms with Crippen molar-refractivity contribution >= 4 is 31.8 Å². The van der Waals surface area contributed by atoms with Crippen molar-refractivity contribution in [2.75, 3.05) is 4.72 Å². The van der Waals surface area contributed by atoms with Crippen LogP contribution in [0, 0.1) is 0 Å². The molecule has 0 radical (unpaired) electrons. The quantitative estimate of drug-likeness (QED) is 0.866. The first-order valence-corrected chi connectivity index (χ1v) is 7.46. The van der Waals surface area contributed by atoms with Crippen molar-refractivity contribution in [3.63, 3.8) is 0 Å². The molecule has 0 heterocycles. The van der Waals surface area contributed by atoms with Crippen molar-refractivity contribution < 1.29 is 21.6 Å². The molecule has 19 heavy (non-hydrogen) atoms. The summed E-state index contributed by atoms with van der Waals surface area (Å²) in [4.78, 5) is 0. The molecule has 9 heteroatoms. The molecule has 0 atom stereocenters. The van der Waals surface area contributed by atoms with E-state index in [0.717, 1.165) is 18.2 Å². The topological polar surface area (TPSA) is 58.2 Å². The maximum Gasteiger partial charge on any atom is 0.416 e. The van der Waals surface area contributed by atoms with Crippen LogP contribution in [0.5, 0.6) is 0 Å². The van der Waals surface area contributed by atoms with Gasteiger partial charge in [-0.2, -0.15) is 26.3 Å². The summed E-state index contributed by atoms with van der Waals surface area (Å²) < 4.78 is 65.3. The van der Waals surface area contributed by atoms with Gasteiger partial charge in [-0.25, -0.2) is 0 Å². The Morgan fingerprint density at radius 2 is 1.84 bits per heavy atom. The summed E-state index contributed by atoms with van der Waals surface area (Å²) in [5.74, 6) is 0. The van der Waals surface area contributed by atoms with Crippen molar-refractivity contribution in [1.82, 2.24) is 4.72 Å². The highest BCUT2D eigenvalue weighted by Crippen LogP contribution is 2.34. The second-order valence-electron chi connectivity index (χ2n) is 4.07. The second kappa shape index (κ2) is 5.68. The number of halogens is 4. The molecule has 4 nitrogen and oxygen atoms in total.